The van der Waals surface area contributed by atoms with Crippen LogP contribution in [0.1, 0.15) is 26.2 Å². The van der Waals surface area contributed by atoms with Crippen molar-refractivity contribution in [3.63, 3.8) is 0 Å². The summed E-state index contributed by atoms with van der Waals surface area (Å²) in [7, 11) is 1.54. The summed E-state index contributed by atoms with van der Waals surface area (Å²) in [5, 5.41) is 4.00. The van der Waals surface area contributed by atoms with E-state index in [-0.39, 0.29) is 6.61 Å². The highest BCUT2D eigenvalue weighted by molar-refractivity contribution is 4.71. The summed E-state index contributed by atoms with van der Waals surface area (Å²) in [5.74, 6) is 0.353. The van der Waals surface area contributed by atoms with E-state index in [0.29, 0.717) is 18.4 Å². The maximum Gasteiger partial charge on any atom is 0.437 e. The Hall–Kier alpha value is -1.10. The third-order valence-electron chi connectivity index (χ3n) is 2.10. The fourth-order valence-electron chi connectivity index (χ4n) is 1.07. The van der Waals surface area contributed by atoms with Crippen LogP contribution in [0, 0.1) is 5.92 Å². The lowest BCUT2D eigenvalue weighted by Gasteiger charge is -2.04. The molecule has 0 saturated heterocycles. The van der Waals surface area contributed by atoms with Gasteiger partial charge < -0.3 is 9.15 Å². The Bertz CT molecular complexity index is 329. The van der Waals surface area contributed by atoms with Gasteiger partial charge in [-0.15, -0.1) is 5.10 Å². The molecule has 0 fully saturated rings. The zero-order chi connectivity index (χ0) is 10.6. The molecule has 1 atom stereocenters. The molecule has 1 aromatic heterocycles. The third-order valence-corrected chi connectivity index (χ3v) is 2.10. The molecule has 0 aliphatic carbocycles. The molecule has 80 valence electrons. The minimum Gasteiger partial charge on any atom is -0.390 e. The van der Waals surface area contributed by atoms with Crippen molar-refractivity contribution in [1.29, 1.82) is 0 Å². The van der Waals surface area contributed by atoms with Gasteiger partial charge in [-0.2, -0.15) is 4.68 Å². The number of ether oxygens (including phenoxy) is 1. The molecule has 5 heteroatoms. The van der Waals surface area contributed by atoms with Crippen LogP contribution >= 0.6 is 0 Å². The smallest absolute Gasteiger partial charge is 0.390 e. The molecule has 0 saturated carbocycles. The van der Waals surface area contributed by atoms with Gasteiger partial charge in [0.2, 0.25) is 5.89 Å². The predicted octanol–water partition coefficient (Wildman–Crippen LogP) is 1.03. The average molecular weight is 200 g/mol. The van der Waals surface area contributed by atoms with Gasteiger partial charge >= 0.3 is 5.76 Å². The highest BCUT2D eigenvalue weighted by atomic mass is 16.5. The molecule has 0 spiro atoms. The van der Waals surface area contributed by atoms with Gasteiger partial charge in [0.05, 0.1) is 6.54 Å². The minimum absolute atomic E-state index is 0.239. The molecule has 0 radical (unpaired) electrons. The molecule has 0 bridgehead atoms. The zero-order valence-corrected chi connectivity index (χ0v) is 8.82. The fourth-order valence-corrected chi connectivity index (χ4v) is 1.07. The second-order valence-electron chi connectivity index (χ2n) is 3.39. The van der Waals surface area contributed by atoms with Crippen LogP contribution in [0.3, 0.4) is 0 Å². The van der Waals surface area contributed by atoms with Crippen molar-refractivity contribution in [2.75, 3.05) is 7.11 Å². The van der Waals surface area contributed by atoms with E-state index >= 15 is 0 Å². The van der Waals surface area contributed by atoms with Gasteiger partial charge in [0.1, 0.15) is 6.61 Å². The number of hydrogen-bond donors (Lipinski definition) is 0. The molecule has 0 unspecified atom stereocenters. The van der Waals surface area contributed by atoms with Gasteiger partial charge in [-0.1, -0.05) is 20.3 Å². The van der Waals surface area contributed by atoms with E-state index in [0.717, 1.165) is 6.42 Å². The summed E-state index contributed by atoms with van der Waals surface area (Å²) in [5.41, 5.74) is 0. The van der Waals surface area contributed by atoms with E-state index in [4.69, 9.17) is 9.15 Å². The van der Waals surface area contributed by atoms with E-state index in [1.165, 1.54) is 11.8 Å². The third kappa shape index (κ3) is 2.70. The van der Waals surface area contributed by atoms with E-state index in [1.807, 2.05) is 0 Å². The first-order valence-electron chi connectivity index (χ1n) is 4.73. The van der Waals surface area contributed by atoms with Crippen molar-refractivity contribution in [1.82, 2.24) is 9.78 Å². The van der Waals surface area contributed by atoms with Crippen molar-refractivity contribution >= 4 is 0 Å². The molecular formula is C9H16N2O3. The SMILES string of the molecule is CC[C@H](C)Cn1nc(COC)oc1=O. The van der Waals surface area contributed by atoms with Gasteiger partial charge in [0.25, 0.3) is 0 Å². The van der Waals surface area contributed by atoms with Crippen molar-refractivity contribution in [3.05, 3.63) is 16.4 Å². The van der Waals surface area contributed by atoms with Crippen LogP contribution in [0.15, 0.2) is 9.21 Å². The van der Waals surface area contributed by atoms with E-state index in [2.05, 4.69) is 18.9 Å². The molecule has 14 heavy (non-hydrogen) atoms. The number of methoxy groups -OCH3 is 1. The lowest BCUT2D eigenvalue weighted by molar-refractivity contribution is 0.158. The lowest BCUT2D eigenvalue weighted by Crippen LogP contribution is -2.19. The molecule has 0 aromatic carbocycles. The largest absolute Gasteiger partial charge is 0.437 e. The van der Waals surface area contributed by atoms with Gasteiger partial charge in [0, 0.05) is 7.11 Å². The summed E-state index contributed by atoms with van der Waals surface area (Å²) < 4.78 is 11.0. The Labute approximate surface area is 82.7 Å². The van der Waals surface area contributed by atoms with Crippen LogP contribution in [-0.4, -0.2) is 16.9 Å². The Balaban J connectivity index is 2.72. The van der Waals surface area contributed by atoms with Gasteiger partial charge in [-0.3, -0.25) is 0 Å². The van der Waals surface area contributed by atoms with Crippen molar-refractivity contribution in [2.24, 2.45) is 5.92 Å². The monoisotopic (exact) mass is 200 g/mol. The summed E-state index contributed by atoms with van der Waals surface area (Å²) in [6.07, 6.45) is 1.01. The van der Waals surface area contributed by atoms with Crippen LogP contribution in [0.2, 0.25) is 0 Å². The highest BCUT2D eigenvalue weighted by Crippen LogP contribution is 2.02. The normalized spacial score (nSPS) is 13.1. The first-order chi connectivity index (χ1) is 6.67. The lowest BCUT2D eigenvalue weighted by atomic mass is 10.1. The number of nitrogens with zero attached hydrogens (tertiary/aromatic N) is 2. The maximum atomic E-state index is 11.2. The van der Waals surface area contributed by atoms with Crippen LogP contribution < -0.4 is 5.76 Å². The van der Waals surface area contributed by atoms with E-state index < -0.39 is 5.76 Å². The first-order valence-corrected chi connectivity index (χ1v) is 4.73. The number of hydrogen-bond acceptors (Lipinski definition) is 4. The quantitative estimate of drug-likeness (QED) is 0.712. The Morgan fingerprint density at radius 1 is 1.64 bits per heavy atom. The van der Waals surface area contributed by atoms with Crippen LogP contribution in [-0.2, 0) is 17.9 Å². The van der Waals surface area contributed by atoms with Gasteiger partial charge in [-0.25, -0.2) is 4.79 Å². The summed E-state index contributed by atoms with van der Waals surface area (Å²) in [6.45, 7) is 4.98. The Morgan fingerprint density at radius 3 is 2.93 bits per heavy atom. The second kappa shape index (κ2) is 4.95. The molecule has 0 amide bonds. The zero-order valence-electron chi connectivity index (χ0n) is 8.82. The fraction of sp³-hybridized carbons (Fsp3) is 0.778. The van der Waals surface area contributed by atoms with Crippen LogP contribution in [0.5, 0.6) is 0 Å². The average Bonchev–Trinajstić information content (AvgIpc) is 2.47. The molecule has 5 nitrogen and oxygen atoms in total. The molecular weight excluding hydrogens is 184 g/mol. The van der Waals surface area contributed by atoms with Crippen LogP contribution in [0.4, 0.5) is 0 Å². The molecule has 1 heterocycles. The molecule has 0 aliphatic heterocycles. The molecule has 0 aliphatic rings. The van der Waals surface area contributed by atoms with Crippen LogP contribution in [0.25, 0.3) is 0 Å². The number of aromatic nitrogens is 2. The minimum atomic E-state index is -0.405. The molecule has 1 rings (SSSR count). The summed E-state index contributed by atoms with van der Waals surface area (Å²) >= 11 is 0. The Kier molecular flexibility index (Phi) is 3.88. The van der Waals surface area contributed by atoms with Crippen molar-refractivity contribution in [3.8, 4) is 0 Å². The standard InChI is InChI=1S/C9H16N2O3/c1-4-7(2)5-11-9(12)14-8(10-11)6-13-3/h7H,4-6H2,1-3H3/t7-/m0/s1. The molecule has 1 aromatic rings. The van der Waals surface area contributed by atoms with Gasteiger partial charge in [0.15, 0.2) is 0 Å². The number of rotatable bonds is 5. The van der Waals surface area contributed by atoms with Gasteiger partial charge in [-0.05, 0) is 5.92 Å². The van der Waals surface area contributed by atoms with Crippen molar-refractivity contribution in [2.45, 2.75) is 33.4 Å². The summed E-state index contributed by atoms with van der Waals surface area (Å²) in [6, 6.07) is 0. The topological polar surface area (TPSA) is 57.3 Å². The Morgan fingerprint density at radius 2 is 2.36 bits per heavy atom. The van der Waals surface area contributed by atoms with E-state index in [1.54, 1.807) is 0 Å². The van der Waals surface area contributed by atoms with Crippen molar-refractivity contribution < 1.29 is 9.15 Å². The molecule has 0 N–H and O–H groups in total. The highest BCUT2D eigenvalue weighted by Gasteiger charge is 2.09. The first kappa shape index (κ1) is 11.0. The van der Waals surface area contributed by atoms with E-state index in [9.17, 15) is 4.79 Å². The predicted molar refractivity (Wildman–Crippen MR) is 50.9 cm³/mol. The second-order valence-corrected chi connectivity index (χ2v) is 3.39. The summed E-state index contributed by atoms with van der Waals surface area (Å²) in [4.78, 5) is 11.2. The maximum absolute atomic E-state index is 11.2.